The average molecular weight is 397 g/mol. The van der Waals surface area contributed by atoms with E-state index in [-0.39, 0.29) is 6.61 Å². The molecule has 0 bridgehead atoms. The van der Waals surface area contributed by atoms with Crippen LogP contribution in [0.25, 0.3) is 5.69 Å². The number of hydrogen-bond acceptors (Lipinski definition) is 5. The molecule has 0 atom stereocenters. The number of aryl methyl sites for hydroxylation is 1. The normalized spacial score (nSPS) is 10.5. The standard InChI is InChI=1S/C23H19N5O2/c1-17-21(14-24)22(28(26-17)20-6-3-2-4-7-20)16-30-23(29)19-10-8-18(9-11-19)15-27-13-5-12-25-27/h2-13H,15-16H2,1H3. The highest BCUT2D eigenvalue weighted by Crippen LogP contribution is 2.19. The molecule has 0 amide bonds. The summed E-state index contributed by atoms with van der Waals surface area (Å²) in [5, 5.41) is 18.1. The lowest BCUT2D eigenvalue weighted by atomic mass is 10.1. The van der Waals surface area contributed by atoms with Gasteiger partial charge in [0.15, 0.2) is 0 Å². The topological polar surface area (TPSA) is 85.7 Å². The van der Waals surface area contributed by atoms with E-state index in [9.17, 15) is 10.1 Å². The van der Waals surface area contributed by atoms with Gasteiger partial charge in [0.1, 0.15) is 18.2 Å². The molecule has 0 saturated carbocycles. The van der Waals surface area contributed by atoms with Gasteiger partial charge < -0.3 is 4.74 Å². The molecule has 4 aromatic rings. The molecule has 2 aromatic carbocycles. The zero-order valence-corrected chi connectivity index (χ0v) is 16.4. The molecule has 148 valence electrons. The third-order valence-electron chi connectivity index (χ3n) is 4.70. The predicted molar refractivity (Wildman–Crippen MR) is 110 cm³/mol. The van der Waals surface area contributed by atoms with E-state index in [1.807, 2.05) is 59.4 Å². The van der Waals surface area contributed by atoms with E-state index in [4.69, 9.17) is 4.74 Å². The lowest BCUT2D eigenvalue weighted by Crippen LogP contribution is -2.10. The summed E-state index contributed by atoms with van der Waals surface area (Å²) in [7, 11) is 0. The van der Waals surface area contributed by atoms with Crippen LogP contribution in [-0.2, 0) is 17.9 Å². The maximum absolute atomic E-state index is 12.5. The highest BCUT2D eigenvalue weighted by Gasteiger charge is 2.18. The van der Waals surface area contributed by atoms with Gasteiger partial charge in [-0.2, -0.15) is 15.5 Å². The lowest BCUT2D eigenvalue weighted by Gasteiger charge is -2.09. The lowest BCUT2D eigenvalue weighted by molar-refractivity contribution is 0.0464. The largest absolute Gasteiger partial charge is 0.456 e. The fourth-order valence-corrected chi connectivity index (χ4v) is 3.18. The molecule has 7 nitrogen and oxygen atoms in total. The number of nitriles is 1. The summed E-state index contributed by atoms with van der Waals surface area (Å²) in [6, 6.07) is 20.7. The summed E-state index contributed by atoms with van der Waals surface area (Å²) in [5.41, 5.74) is 3.83. The number of carbonyl (C=O) groups is 1. The summed E-state index contributed by atoms with van der Waals surface area (Å²) in [6.45, 7) is 2.34. The van der Waals surface area contributed by atoms with Gasteiger partial charge in [-0.05, 0) is 42.8 Å². The number of nitrogens with zero attached hydrogens (tertiary/aromatic N) is 5. The van der Waals surface area contributed by atoms with Gasteiger partial charge in [-0.15, -0.1) is 0 Å². The first kappa shape index (κ1) is 19.2. The van der Waals surface area contributed by atoms with Crippen molar-refractivity contribution in [3.63, 3.8) is 0 Å². The van der Waals surface area contributed by atoms with Crippen LogP contribution in [0, 0.1) is 18.3 Å². The van der Waals surface area contributed by atoms with E-state index in [1.165, 1.54) is 0 Å². The number of rotatable bonds is 6. The maximum Gasteiger partial charge on any atom is 0.338 e. The molecule has 0 fully saturated rings. The zero-order chi connectivity index (χ0) is 20.9. The van der Waals surface area contributed by atoms with Crippen molar-refractivity contribution < 1.29 is 9.53 Å². The molecule has 0 saturated heterocycles. The Labute approximate surface area is 173 Å². The van der Waals surface area contributed by atoms with Crippen molar-refractivity contribution in [2.45, 2.75) is 20.1 Å². The molecule has 0 N–H and O–H groups in total. The van der Waals surface area contributed by atoms with Gasteiger partial charge >= 0.3 is 5.97 Å². The Morgan fingerprint density at radius 1 is 1.10 bits per heavy atom. The Balaban J connectivity index is 1.49. The van der Waals surface area contributed by atoms with Crippen LogP contribution in [0.4, 0.5) is 0 Å². The quantitative estimate of drug-likeness (QED) is 0.464. The number of para-hydroxylation sites is 1. The second kappa shape index (κ2) is 8.45. The molecule has 2 aromatic heterocycles. The fraction of sp³-hybridized carbons (Fsp3) is 0.130. The molecule has 7 heteroatoms. The molecule has 0 aliphatic heterocycles. The molecule has 0 aliphatic rings. The summed E-state index contributed by atoms with van der Waals surface area (Å²) in [4.78, 5) is 12.5. The molecule has 0 spiro atoms. The average Bonchev–Trinajstić information content (AvgIpc) is 3.40. The minimum atomic E-state index is -0.456. The van der Waals surface area contributed by atoms with Gasteiger partial charge in [-0.25, -0.2) is 9.48 Å². The highest BCUT2D eigenvalue weighted by atomic mass is 16.5. The molecule has 4 rings (SSSR count). The summed E-state index contributed by atoms with van der Waals surface area (Å²) in [6.07, 6.45) is 3.61. The SMILES string of the molecule is Cc1nn(-c2ccccc2)c(COC(=O)c2ccc(Cn3cccn3)cc2)c1C#N. The number of hydrogen-bond donors (Lipinski definition) is 0. The Hall–Kier alpha value is -4.18. The number of benzene rings is 2. The van der Waals surface area contributed by atoms with Gasteiger partial charge in [0.25, 0.3) is 0 Å². The first-order valence-electron chi connectivity index (χ1n) is 9.43. The summed E-state index contributed by atoms with van der Waals surface area (Å²) >= 11 is 0. The van der Waals surface area contributed by atoms with E-state index in [0.717, 1.165) is 11.3 Å². The van der Waals surface area contributed by atoms with Crippen LogP contribution in [-0.4, -0.2) is 25.5 Å². The van der Waals surface area contributed by atoms with E-state index < -0.39 is 5.97 Å². The number of aromatic nitrogens is 4. The highest BCUT2D eigenvalue weighted by molar-refractivity contribution is 5.89. The van der Waals surface area contributed by atoms with Gasteiger partial charge in [0.2, 0.25) is 0 Å². The third kappa shape index (κ3) is 3.98. The van der Waals surface area contributed by atoms with Crippen LogP contribution < -0.4 is 0 Å². The zero-order valence-electron chi connectivity index (χ0n) is 16.4. The summed E-state index contributed by atoms with van der Waals surface area (Å²) < 4.78 is 8.97. The van der Waals surface area contributed by atoms with Crippen LogP contribution >= 0.6 is 0 Å². The van der Waals surface area contributed by atoms with Gasteiger partial charge in [0, 0.05) is 12.4 Å². The molecule has 2 heterocycles. The van der Waals surface area contributed by atoms with E-state index in [2.05, 4.69) is 16.3 Å². The van der Waals surface area contributed by atoms with Gasteiger partial charge in [-0.1, -0.05) is 30.3 Å². The minimum Gasteiger partial charge on any atom is -0.456 e. The van der Waals surface area contributed by atoms with E-state index in [0.29, 0.717) is 29.1 Å². The third-order valence-corrected chi connectivity index (χ3v) is 4.70. The molecule has 0 radical (unpaired) electrons. The Bertz CT molecular complexity index is 1190. The van der Waals surface area contributed by atoms with Crippen molar-refractivity contribution >= 4 is 5.97 Å². The summed E-state index contributed by atoms with van der Waals surface area (Å²) in [5.74, 6) is -0.456. The smallest absolute Gasteiger partial charge is 0.338 e. The van der Waals surface area contributed by atoms with Crippen molar-refractivity contribution in [2.24, 2.45) is 0 Å². The maximum atomic E-state index is 12.5. The first-order valence-corrected chi connectivity index (χ1v) is 9.43. The van der Waals surface area contributed by atoms with Crippen LogP contribution in [0.2, 0.25) is 0 Å². The molecular weight excluding hydrogens is 378 g/mol. The van der Waals surface area contributed by atoms with Crippen LogP contribution in [0.5, 0.6) is 0 Å². The molecule has 0 unspecified atom stereocenters. The molecule has 30 heavy (non-hydrogen) atoms. The van der Waals surface area contributed by atoms with Crippen molar-refractivity contribution in [1.29, 1.82) is 5.26 Å². The first-order chi connectivity index (χ1) is 14.7. The van der Waals surface area contributed by atoms with Gasteiger partial charge in [0.05, 0.1) is 29.2 Å². The van der Waals surface area contributed by atoms with Crippen molar-refractivity contribution in [3.8, 4) is 11.8 Å². The van der Waals surface area contributed by atoms with Gasteiger partial charge in [-0.3, -0.25) is 4.68 Å². The predicted octanol–water partition coefficient (Wildman–Crippen LogP) is 3.65. The Morgan fingerprint density at radius 3 is 2.53 bits per heavy atom. The number of carbonyl (C=O) groups excluding carboxylic acids is 1. The van der Waals surface area contributed by atoms with Crippen LogP contribution in [0.1, 0.15) is 32.9 Å². The van der Waals surface area contributed by atoms with Crippen molar-refractivity contribution in [2.75, 3.05) is 0 Å². The second-order valence-corrected chi connectivity index (χ2v) is 6.74. The fourth-order valence-electron chi connectivity index (χ4n) is 3.18. The Kier molecular flexibility index (Phi) is 5.39. The minimum absolute atomic E-state index is 0.0491. The number of esters is 1. The number of ether oxygens (including phenoxy) is 1. The van der Waals surface area contributed by atoms with E-state index in [1.54, 1.807) is 29.9 Å². The molecular formula is C23H19N5O2. The van der Waals surface area contributed by atoms with Crippen LogP contribution in [0.3, 0.4) is 0 Å². The Morgan fingerprint density at radius 2 is 1.87 bits per heavy atom. The van der Waals surface area contributed by atoms with Crippen LogP contribution in [0.15, 0.2) is 73.1 Å². The second-order valence-electron chi connectivity index (χ2n) is 6.74. The monoisotopic (exact) mass is 397 g/mol. The van der Waals surface area contributed by atoms with Crippen molar-refractivity contribution in [3.05, 3.63) is 101 Å². The van der Waals surface area contributed by atoms with Crippen molar-refractivity contribution in [1.82, 2.24) is 19.6 Å². The van der Waals surface area contributed by atoms with E-state index >= 15 is 0 Å². The molecule has 0 aliphatic carbocycles.